The van der Waals surface area contributed by atoms with Crippen molar-refractivity contribution in [1.82, 2.24) is 18.3 Å². The Morgan fingerprint density at radius 1 is 0.178 bits per heavy atom. The summed E-state index contributed by atoms with van der Waals surface area (Å²) in [6.07, 6.45) is 0. The molecule has 0 saturated heterocycles. The number of rotatable bonds is 11. The first-order valence-electron chi connectivity index (χ1n) is 48.0. The maximum absolute atomic E-state index is 2.77. The highest BCUT2D eigenvalue weighted by molar-refractivity contribution is 7.00. The SMILES string of the molecule is CC(C)(C)c1cc(-c2ccc3c(c2)N(c2cc(-c4ccccc4)cc(-c4ccccc4)c2)c2cc(-n4c5ccc(-n6c7ccccc7c7ccccc76)cc5c5cc(-n6c7ccccc7c7ccccc76)ccc54)cc4c2B3c2ccc(-n3c5ccc(C(C)(C)C)cc5c5cc(C(C)(C)C)ccc53)cc2N4c2c(-c3ccccc3)cc(C(C)(C)C)cc2-c2ccccc2)cc(C(C)(C)C)c1. The molecule has 0 bridgehead atoms. The van der Waals surface area contributed by atoms with Crippen LogP contribution in [0.3, 0.4) is 0 Å². The second-order valence-corrected chi connectivity index (χ2v) is 43.0. The molecule has 6 nitrogen and oxygen atoms in total. The fourth-order valence-corrected chi connectivity index (χ4v) is 22.1. The molecule has 0 amide bonds. The summed E-state index contributed by atoms with van der Waals surface area (Å²) in [5.74, 6) is 0. The van der Waals surface area contributed by atoms with E-state index in [0.29, 0.717) is 0 Å². The molecular weight excluding hydrogens is 1630 g/mol. The molecule has 0 radical (unpaired) electrons. The molecule has 22 aromatic rings. The van der Waals surface area contributed by atoms with E-state index in [9.17, 15) is 0 Å². The van der Waals surface area contributed by atoms with E-state index in [1.54, 1.807) is 0 Å². The average Bonchev–Trinajstić information content (AvgIpc) is 1.17. The van der Waals surface area contributed by atoms with E-state index in [2.05, 4.69) is 520 Å². The van der Waals surface area contributed by atoms with Crippen molar-refractivity contribution in [3.8, 4) is 78.4 Å². The largest absolute Gasteiger partial charge is 0.311 e. The Hall–Kier alpha value is -15.2. The third-order valence-electron chi connectivity index (χ3n) is 29.2. The minimum Gasteiger partial charge on any atom is -0.311 e. The van der Waals surface area contributed by atoms with Crippen LogP contribution in [0.5, 0.6) is 0 Å². The number of anilines is 6. The molecule has 0 N–H and O–H groups in total. The first-order chi connectivity index (χ1) is 65.1. The highest BCUT2D eigenvalue weighted by Crippen LogP contribution is 2.55. The predicted octanol–water partition coefficient (Wildman–Crippen LogP) is 33.0. The highest BCUT2D eigenvalue weighted by Gasteiger charge is 2.46. The van der Waals surface area contributed by atoms with Gasteiger partial charge in [-0.15, -0.1) is 0 Å². The summed E-state index contributed by atoms with van der Waals surface area (Å²) >= 11 is 0. The van der Waals surface area contributed by atoms with E-state index >= 15 is 0 Å². The number of fused-ring (bicyclic) bond motifs is 16. The lowest BCUT2D eigenvalue weighted by Crippen LogP contribution is -2.61. The normalized spacial score (nSPS) is 13.1. The molecule has 0 atom stereocenters. The molecule has 0 fully saturated rings. The molecule has 2 aliphatic rings. The van der Waals surface area contributed by atoms with Gasteiger partial charge < -0.3 is 28.1 Å². The first-order valence-corrected chi connectivity index (χ1v) is 48.0. The molecule has 135 heavy (non-hydrogen) atoms. The highest BCUT2D eigenvalue weighted by atomic mass is 15.2. The van der Waals surface area contributed by atoms with Crippen LogP contribution in [0.2, 0.25) is 0 Å². The zero-order chi connectivity index (χ0) is 92.2. The van der Waals surface area contributed by atoms with Gasteiger partial charge in [-0.3, -0.25) is 0 Å². The molecule has 24 rings (SSSR count). The van der Waals surface area contributed by atoms with Gasteiger partial charge in [0.15, 0.2) is 0 Å². The van der Waals surface area contributed by atoms with Crippen molar-refractivity contribution in [3.63, 3.8) is 0 Å². The number of nitrogens with zero attached hydrogens (tertiary/aromatic N) is 6. The average molecular weight is 1740 g/mol. The van der Waals surface area contributed by atoms with Crippen molar-refractivity contribution in [2.75, 3.05) is 9.80 Å². The number of hydrogen-bond donors (Lipinski definition) is 0. The van der Waals surface area contributed by atoms with Crippen molar-refractivity contribution >= 4 is 144 Å². The Labute approximate surface area is 792 Å². The minimum atomic E-state index is -0.335. The summed E-state index contributed by atoms with van der Waals surface area (Å²) in [5.41, 5.74) is 40.7. The predicted molar refractivity (Wildman–Crippen MR) is 579 cm³/mol. The van der Waals surface area contributed by atoms with Crippen LogP contribution in [0, 0.1) is 0 Å². The van der Waals surface area contributed by atoms with Gasteiger partial charge in [0.25, 0.3) is 6.71 Å². The number of para-hydroxylation sites is 4. The Morgan fingerprint density at radius 2 is 0.489 bits per heavy atom. The summed E-state index contributed by atoms with van der Waals surface area (Å²) in [7, 11) is 0. The Balaban J connectivity index is 0.889. The van der Waals surface area contributed by atoms with Crippen LogP contribution in [0.4, 0.5) is 34.1 Å². The van der Waals surface area contributed by atoms with Crippen LogP contribution < -0.4 is 26.2 Å². The maximum atomic E-state index is 2.77. The van der Waals surface area contributed by atoms with Gasteiger partial charge in [0, 0.05) is 99.7 Å². The lowest BCUT2D eigenvalue weighted by Gasteiger charge is -2.45. The number of hydrogen-bond acceptors (Lipinski definition) is 2. The zero-order valence-electron chi connectivity index (χ0n) is 79.7. The van der Waals surface area contributed by atoms with Crippen LogP contribution in [-0.4, -0.2) is 25.0 Å². The molecule has 7 heteroatoms. The molecule has 654 valence electrons. The smallest absolute Gasteiger partial charge is 0.252 e. The summed E-state index contributed by atoms with van der Waals surface area (Å²) < 4.78 is 10.2. The van der Waals surface area contributed by atoms with Crippen molar-refractivity contribution in [2.45, 2.75) is 131 Å². The van der Waals surface area contributed by atoms with Gasteiger partial charge in [0.2, 0.25) is 0 Å². The van der Waals surface area contributed by atoms with Gasteiger partial charge in [-0.05, 0) is 261 Å². The fourth-order valence-electron chi connectivity index (χ4n) is 22.1. The van der Waals surface area contributed by atoms with Crippen molar-refractivity contribution in [3.05, 3.63) is 416 Å². The van der Waals surface area contributed by atoms with E-state index in [1.807, 2.05) is 0 Å². The van der Waals surface area contributed by atoms with Crippen LogP contribution in [0.25, 0.3) is 166 Å². The summed E-state index contributed by atoms with van der Waals surface area (Å²) in [6, 6.07) is 150. The minimum absolute atomic E-state index is 0.101. The molecule has 4 aromatic heterocycles. The van der Waals surface area contributed by atoms with Crippen LogP contribution in [-0.2, 0) is 27.1 Å². The molecular formula is C128H109BN6. The van der Waals surface area contributed by atoms with E-state index < -0.39 is 0 Å². The molecule has 2 aliphatic heterocycles. The van der Waals surface area contributed by atoms with Gasteiger partial charge in [-0.2, -0.15) is 0 Å². The van der Waals surface area contributed by atoms with Gasteiger partial charge in [0.1, 0.15) is 0 Å². The van der Waals surface area contributed by atoms with Crippen LogP contribution in [0.15, 0.2) is 388 Å². The Morgan fingerprint density at radius 3 is 0.904 bits per heavy atom. The summed E-state index contributed by atoms with van der Waals surface area (Å²) in [4.78, 5) is 5.47. The fraction of sp³-hybridized carbons (Fsp3) is 0.156. The monoisotopic (exact) mass is 1740 g/mol. The van der Waals surface area contributed by atoms with Crippen LogP contribution in [0.1, 0.15) is 132 Å². The second-order valence-electron chi connectivity index (χ2n) is 43.0. The standard InChI is InChI=1S/C128H109BN6/c1-124(2,3)88-53-60-114-104(71-88)105-72-89(125(4,5)6)54-61-115(105)132(114)95-55-59-109-119(77-95)135(123-102(82-40-24-18-25-41-82)73-92(128(13,14)15)74-103(123)83-42-26-19-27-43-83)121-79-97(133-116-62-56-93(130-110-48-32-28-44-98(110)99-45-29-33-49-111(99)130)75-106(116)107-76-94(57-63-117(107)133)131-112-50-34-30-46-100(112)101-47-31-35-51-113(101)131)78-120-122(121)129(109)108-58-52-84(87-65-90(126(7,8)9)70-91(66-87)127(10,11)12)69-118(108)134(120)96-67-85(80-36-20-16-21-37-80)64-86(68-96)81-38-22-17-23-39-81/h16-79H,1-15H3. The molecule has 0 saturated carbocycles. The van der Waals surface area contributed by atoms with Gasteiger partial charge in [-0.25, -0.2) is 0 Å². The quantitative estimate of drug-likeness (QED) is 0.121. The molecule has 0 spiro atoms. The van der Waals surface area contributed by atoms with Gasteiger partial charge in [-0.1, -0.05) is 347 Å². The lowest BCUT2D eigenvalue weighted by molar-refractivity contribution is 0.569. The molecule has 0 unspecified atom stereocenters. The van der Waals surface area contributed by atoms with Gasteiger partial charge in [0.05, 0.1) is 55.5 Å². The topological polar surface area (TPSA) is 26.2 Å². The maximum Gasteiger partial charge on any atom is 0.252 e. The lowest BCUT2D eigenvalue weighted by atomic mass is 9.33. The van der Waals surface area contributed by atoms with E-state index in [1.165, 1.54) is 93.1 Å². The van der Waals surface area contributed by atoms with Gasteiger partial charge >= 0.3 is 0 Å². The Kier molecular flexibility index (Phi) is 18.9. The second kappa shape index (κ2) is 30.7. The molecule has 18 aromatic carbocycles. The zero-order valence-corrected chi connectivity index (χ0v) is 79.7. The van der Waals surface area contributed by atoms with E-state index in [0.717, 1.165) is 151 Å². The van der Waals surface area contributed by atoms with Crippen LogP contribution >= 0.6 is 0 Å². The van der Waals surface area contributed by atoms with Crippen molar-refractivity contribution in [2.24, 2.45) is 0 Å². The third kappa shape index (κ3) is 13.6. The van der Waals surface area contributed by atoms with Crippen molar-refractivity contribution in [1.29, 1.82) is 0 Å². The number of benzene rings is 18. The van der Waals surface area contributed by atoms with E-state index in [-0.39, 0.29) is 33.8 Å². The third-order valence-corrected chi connectivity index (χ3v) is 29.2. The molecule has 0 aliphatic carbocycles. The summed E-state index contributed by atoms with van der Waals surface area (Å²) in [6.45, 7) is 35.0. The van der Waals surface area contributed by atoms with Crippen molar-refractivity contribution < 1.29 is 0 Å². The molecule has 6 heterocycles. The van der Waals surface area contributed by atoms with E-state index in [4.69, 9.17) is 0 Å². The summed E-state index contributed by atoms with van der Waals surface area (Å²) in [5, 5.41) is 9.65. The Bertz CT molecular complexity index is 8120. The number of aromatic nitrogens is 4. The first kappa shape index (κ1) is 82.9.